The van der Waals surface area contributed by atoms with E-state index in [9.17, 15) is 9.59 Å². The van der Waals surface area contributed by atoms with Crippen LogP contribution in [0.2, 0.25) is 5.02 Å². The second-order valence-corrected chi connectivity index (χ2v) is 7.98. The van der Waals surface area contributed by atoms with Gasteiger partial charge < -0.3 is 9.64 Å². The molecule has 0 unspecified atom stereocenters. The largest absolute Gasteiger partial charge is 0.491 e. The van der Waals surface area contributed by atoms with E-state index in [4.69, 9.17) is 16.3 Å². The molecule has 156 valence electrons. The zero-order valence-electron chi connectivity index (χ0n) is 17.1. The molecule has 0 bridgehead atoms. The number of ether oxygens (including phenoxy) is 1. The molecule has 2 amide bonds. The van der Waals surface area contributed by atoms with Gasteiger partial charge >= 0.3 is 0 Å². The smallest absolute Gasteiger partial charge is 0.282 e. The SMILES string of the molecule is CCCOc1ccccc1N1C(=O)C(c2ccc(Cl)cc2)=C(N2CCCCC2)C1=O. The van der Waals surface area contributed by atoms with Gasteiger partial charge in [-0.05, 0) is 55.5 Å². The molecule has 0 atom stereocenters. The second kappa shape index (κ2) is 8.92. The van der Waals surface area contributed by atoms with Gasteiger partial charge in [-0.1, -0.05) is 42.8 Å². The fraction of sp³-hybridized carbons (Fsp3) is 0.333. The molecule has 1 fully saturated rings. The molecule has 2 aliphatic rings. The minimum Gasteiger partial charge on any atom is -0.491 e. The number of para-hydroxylation sites is 2. The van der Waals surface area contributed by atoms with Crippen molar-refractivity contribution in [1.29, 1.82) is 0 Å². The van der Waals surface area contributed by atoms with Crippen molar-refractivity contribution >= 4 is 34.7 Å². The van der Waals surface area contributed by atoms with Gasteiger partial charge in [0.1, 0.15) is 11.4 Å². The van der Waals surface area contributed by atoms with Gasteiger partial charge in [0.2, 0.25) is 0 Å². The molecule has 6 heteroatoms. The quantitative estimate of drug-likeness (QED) is 0.619. The lowest BCUT2D eigenvalue weighted by atomic mass is 10.0. The zero-order chi connectivity index (χ0) is 21.1. The van der Waals surface area contributed by atoms with E-state index in [-0.39, 0.29) is 11.8 Å². The molecule has 0 aromatic heterocycles. The number of anilines is 1. The molecule has 2 aromatic carbocycles. The Morgan fingerprint density at radius 2 is 1.63 bits per heavy atom. The van der Waals surface area contributed by atoms with Crippen LogP contribution >= 0.6 is 11.6 Å². The van der Waals surface area contributed by atoms with E-state index in [2.05, 4.69) is 4.90 Å². The van der Waals surface area contributed by atoms with Crippen molar-refractivity contribution in [3.8, 4) is 5.75 Å². The molecule has 0 aliphatic carbocycles. The lowest BCUT2D eigenvalue weighted by Gasteiger charge is -2.29. The summed E-state index contributed by atoms with van der Waals surface area (Å²) in [7, 11) is 0. The Morgan fingerprint density at radius 1 is 0.933 bits per heavy atom. The minimum absolute atomic E-state index is 0.292. The van der Waals surface area contributed by atoms with E-state index in [1.54, 1.807) is 36.4 Å². The lowest BCUT2D eigenvalue weighted by Crippen LogP contribution is -2.37. The number of amides is 2. The Kier molecular flexibility index (Phi) is 6.09. The van der Waals surface area contributed by atoms with Crippen molar-refractivity contribution < 1.29 is 14.3 Å². The highest BCUT2D eigenvalue weighted by atomic mass is 35.5. The van der Waals surface area contributed by atoms with Gasteiger partial charge in [-0.3, -0.25) is 9.59 Å². The average Bonchev–Trinajstić information content (AvgIpc) is 3.03. The summed E-state index contributed by atoms with van der Waals surface area (Å²) in [5, 5.41) is 0.589. The number of hydrogen-bond donors (Lipinski definition) is 0. The number of benzene rings is 2. The predicted molar refractivity (Wildman–Crippen MR) is 119 cm³/mol. The Bertz CT molecular complexity index is 978. The van der Waals surface area contributed by atoms with Crippen LogP contribution < -0.4 is 9.64 Å². The van der Waals surface area contributed by atoms with E-state index in [0.717, 1.165) is 38.8 Å². The van der Waals surface area contributed by atoms with Crippen LogP contribution in [-0.2, 0) is 9.59 Å². The maximum Gasteiger partial charge on any atom is 0.282 e. The van der Waals surface area contributed by atoms with Gasteiger partial charge in [0.25, 0.3) is 11.8 Å². The summed E-state index contributed by atoms with van der Waals surface area (Å²) in [5.41, 5.74) is 2.10. The molecule has 4 rings (SSSR count). The molecule has 1 saturated heterocycles. The van der Waals surface area contributed by atoms with Crippen molar-refractivity contribution in [3.05, 3.63) is 64.8 Å². The van der Waals surface area contributed by atoms with E-state index < -0.39 is 0 Å². The third-order valence-electron chi connectivity index (χ3n) is 5.43. The Hall–Kier alpha value is -2.79. The van der Waals surface area contributed by atoms with Gasteiger partial charge in [0, 0.05) is 18.1 Å². The minimum atomic E-state index is -0.324. The molecule has 2 aromatic rings. The number of carbonyl (C=O) groups is 2. The summed E-state index contributed by atoms with van der Waals surface area (Å²) in [6, 6.07) is 14.3. The Balaban J connectivity index is 1.80. The number of piperidine rings is 1. The van der Waals surface area contributed by atoms with E-state index in [1.165, 1.54) is 4.90 Å². The van der Waals surface area contributed by atoms with Crippen LogP contribution in [-0.4, -0.2) is 36.4 Å². The zero-order valence-corrected chi connectivity index (χ0v) is 17.8. The van der Waals surface area contributed by atoms with Crippen LogP contribution in [0.5, 0.6) is 5.75 Å². The first kappa shape index (κ1) is 20.5. The van der Waals surface area contributed by atoms with Gasteiger partial charge in [-0.15, -0.1) is 0 Å². The summed E-state index contributed by atoms with van der Waals surface area (Å²) in [4.78, 5) is 30.6. The summed E-state index contributed by atoms with van der Waals surface area (Å²) in [6.07, 6.45) is 3.99. The summed E-state index contributed by atoms with van der Waals surface area (Å²) < 4.78 is 5.84. The Labute approximate surface area is 181 Å². The predicted octanol–water partition coefficient (Wildman–Crippen LogP) is 4.90. The molecule has 30 heavy (non-hydrogen) atoms. The molecule has 0 saturated carbocycles. The second-order valence-electron chi connectivity index (χ2n) is 7.54. The van der Waals surface area contributed by atoms with Crippen molar-refractivity contribution in [2.75, 3.05) is 24.6 Å². The highest BCUT2D eigenvalue weighted by molar-refractivity contribution is 6.45. The maximum absolute atomic E-state index is 13.6. The lowest BCUT2D eigenvalue weighted by molar-refractivity contribution is -0.120. The van der Waals surface area contributed by atoms with E-state index in [0.29, 0.717) is 39.9 Å². The first-order chi connectivity index (χ1) is 14.6. The molecule has 2 heterocycles. The first-order valence-electron chi connectivity index (χ1n) is 10.5. The van der Waals surface area contributed by atoms with E-state index in [1.807, 2.05) is 19.1 Å². The number of likely N-dealkylation sites (tertiary alicyclic amines) is 1. The van der Waals surface area contributed by atoms with Crippen LogP contribution in [0.25, 0.3) is 5.57 Å². The topological polar surface area (TPSA) is 49.9 Å². The maximum atomic E-state index is 13.6. The monoisotopic (exact) mass is 424 g/mol. The van der Waals surface area contributed by atoms with Crippen LogP contribution in [0.1, 0.15) is 38.2 Å². The number of hydrogen-bond acceptors (Lipinski definition) is 4. The molecule has 2 aliphatic heterocycles. The summed E-state index contributed by atoms with van der Waals surface area (Å²) in [6.45, 7) is 4.08. The number of rotatable bonds is 6. The van der Waals surface area contributed by atoms with Crippen LogP contribution in [0.4, 0.5) is 5.69 Å². The molecular weight excluding hydrogens is 400 g/mol. The normalized spacial score (nSPS) is 17.1. The van der Waals surface area contributed by atoms with Crippen LogP contribution in [0.3, 0.4) is 0 Å². The molecule has 0 spiro atoms. The molecule has 0 radical (unpaired) electrons. The highest BCUT2D eigenvalue weighted by Gasteiger charge is 2.43. The average molecular weight is 425 g/mol. The van der Waals surface area contributed by atoms with Crippen molar-refractivity contribution in [3.63, 3.8) is 0 Å². The number of halogens is 1. The molecule has 5 nitrogen and oxygen atoms in total. The molecular formula is C24H25ClN2O3. The van der Waals surface area contributed by atoms with Gasteiger partial charge in [-0.2, -0.15) is 0 Å². The van der Waals surface area contributed by atoms with Crippen molar-refractivity contribution in [2.45, 2.75) is 32.6 Å². The summed E-state index contributed by atoms with van der Waals surface area (Å²) >= 11 is 6.06. The third kappa shape index (κ3) is 3.82. The highest BCUT2D eigenvalue weighted by Crippen LogP contribution is 2.39. The fourth-order valence-corrected chi connectivity index (χ4v) is 4.13. The molecule has 0 N–H and O–H groups in total. The number of carbonyl (C=O) groups excluding carboxylic acids is 2. The summed E-state index contributed by atoms with van der Waals surface area (Å²) in [5.74, 6) is -0.0776. The van der Waals surface area contributed by atoms with Crippen molar-refractivity contribution in [1.82, 2.24) is 4.90 Å². The first-order valence-corrected chi connectivity index (χ1v) is 10.9. The number of imide groups is 1. The van der Waals surface area contributed by atoms with Crippen LogP contribution in [0.15, 0.2) is 54.2 Å². The standard InChI is InChI=1S/C24H25ClN2O3/c1-2-16-30-20-9-5-4-8-19(20)27-23(28)21(17-10-12-18(25)13-11-17)22(24(27)29)26-14-6-3-7-15-26/h4-5,8-13H,2-3,6-7,14-16H2,1H3. The fourth-order valence-electron chi connectivity index (χ4n) is 4.00. The van der Waals surface area contributed by atoms with Crippen molar-refractivity contribution in [2.24, 2.45) is 0 Å². The van der Waals surface area contributed by atoms with Crippen LogP contribution in [0, 0.1) is 0 Å². The Morgan fingerprint density at radius 3 is 2.33 bits per heavy atom. The van der Waals surface area contributed by atoms with Gasteiger partial charge in [-0.25, -0.2) is 4.90 Å². The number of nitrogens with zero attached hydrogens (tertiary/aromatic N) is 2. The van der Waals surface area contributed by atoms with Gasteiger partial charge in [0.05, 0.1) is 17.9 Å². The van der Waals surface area contributed by atoms with E-state index >= 15 is 0 Å². The van der Waals surface area contributed by atoms with Gasteiger partial charge in [0.15, 0.2) is 0 Å². The third-order valence-corrected chi connectivity index (χ3v) is 5.68.